The summed E-state index contributed by atoms with van der Waals surface area (Å²) in [6, 6.07) is 0. The van der Waals surface area contributed by atoms with E-state index in [2.05, 4.69) is 5.32 Å². The Labute approximate surface area is 99.9 Å². The van der Waals surface area contributed by atoms with E-state index in [1.807, 2.05) is 6.08 Å². The number of allylic oxidation sites excluding steroid dienone is 1. The van der Waals surface area contributed by atoms with Gasteiger partial charge in [-0.15, -0.1) is 0 Å². The molecule has 3 aliphatic heterocycles. The third-order valence-electron chi connectivity index (χ3n) is 2.81. The zero-order valence-electron chi connectivity index (χ0n) is 8.97. The third kappa shape index (κ3) is 1.64. The van der Waals surface area contributed by atoms with Crippen molar-refractivity contribution in [3.8, 4) is 0 Å². The summed E-state index contributed by atoms with van der Waals surface area (Å²) in [5.41, 5.74) is 1.16. The lowest BCUT2D eigenvalue weighted by molar-refractivity contribution is -0.129. The van der Waals surface area contributed by atoms with Crippen LogP contribution in [-0.2, 0) is 18.0 Å². The van der Waals surface area contributed by atoms with E-state index < -0.39 is 22.5 Å². The molecule has 3 heterocycles. The minimum atomic E-state index is -2.21. The number of dihydropyridines is 1. The lowest BCUT2D eigenvalue weighted by atomic mass is 10.1. The first-order valence-electron chi connectivity index (χ1n) is 5.27. The molecule has 1 spiro atoms. The molecule has 0 bridgehead atoms. The molecule has 0 aliphatic carbocycles. The smallest absolute Gasteiger partial charge is 0.354 e. The minimum Gasteiger partial charge on any atom is -0.387 e. The highest BCUT2D eigenvalue weighted by atomic mass is 32.3. The van der Waals surface area contributed by atoms with Gasteiger partial charge in [0.15, 0.2) is 0 Å². The van der Waals surface area contributed by atoms with Crippen LogP contribution in [0.25, 0.3) is 0 Å². The van der Waals surface area contributed by atoms with E-state index in [0.29, 0.717) is 5.75 Å². The summed E-state index contributed by atoms with van der Waals surface area (Å²) in [6.45, 7) is 0.725. The maximum Gasteiger partial charge on any atom is 0.354 e. The maximum absolute atomic E-state index is 11.5. The number of carbonyl (C=O) groups excluding carboxylic acids is 2. The van der Waals surface area contributed by atoms with Gasteiger partial charge in [0.1, 0.15) is 0 Å². The molecular weight excluding hydrogens is 242 g/mol. The largest absolute Gasteiger partial charge is 0.387 e. The van der Waals surface area contributed by atoms with Gasteiger partial charge in [0.05, 0.1) is 10.7 Å². The number of hydrogen-bond donors (Lipinski definition) is 1. The Morgan fingerprint density at radius 2 is 1.82 bits per heavy atom. The summed E-state index contributed by atoms with van der Waals surface area (Å²) in [4.78, 5) is 23.8. The first kappa shape index (κ1) is 10.5. The van der Waals surface area contributed by atoms with E-state index in [1.165, 1.54) is 0 Å². The van der Waals surface area contributed by atoms with E-state index in [0.717, 1.165) is 35.6 Å². The quantitative estimate of drug-likeness (QED) is 0.699. The van der Waals surface area contributed by atoms with Gasteiger partial charge < -0.3 is 13.7 Å². The van der Waals surface area contributed by atoms with Crippen LogP contribution in [0.3, 0.4) is 0 Å². The van der Waals surface area contributed by atoms with Gasteiger partial charge in [0.25, 0.3) is 0 Å². The number of nitrogens with one attached hydrogen (secondary N) is 1. The second-order valence-electron chi connectivity index (χ2n) is 3.89. The molecule has 0 fully saturated rings. The maximum atomic E-state index is 11.5. The van der Waals surface area contributed by atoms with Crippen molar-refractivity contribution in [1.29, 1.82) is 0 Å². The van der Waals surface area contributed by atoms with Crippen LogP contribution in [0.1, 0.15) is 6.42 Å². The van der Waals surface area contributed by atoms with Gasteiger partial charge in [-0.1, -0.05) is 10.6 Å². The van der Waals surface area contributed by atoms with E-state index in [9.17, 15) is 9.59 Å². The van der Waals surface area contributed by atoms with Gasteiger partial charge in [0.2, 0.25) is 0 Å². The van der Waals surface area contributed by atoms with E-state index in [1.54, 1.807) is 6.20 Å². The van der Waals surface area contributed by atoms with Crippen LogP contribution in [0, 0.1) is 0 Å². The summed E-state index contributed by atoms with van der Waals surface area (Å²) in [6.07, 6.45) is 6.66. The fraction of sp³-hybridized carbons (Fsp3) is 0.273. The van der Waals surface area contributed by atoms with Gasteiger partial charge >= 0.3 is 11.9 Å². The Kier molecular flexibility index (Phi) is 2.25. The van der Waals surface area contributed by atoms with Gasteiger partial charge in [-0.25, -0.2) is 9.59 Å². The molecule has 0 unspecified atom stereocenters. The van der Waals surface area contributed by atoms with Crippen LogP contribution >= 0.6 is 10.6 Å². The summed E-state index contributed by atoms with van der Waals surface area (Å²) in [5.74, 6) is -0.443. The number of rotatable bonds is 0. The number of carbonyl (C=O) groups is 2. The highest BCUT2D eigenvalue weighted by molar-refractivity contribution is 8.30. The van der Waals surface area contributed by atoms with Crippen LogP contribution < -0.4 is 5.32 Å². The zero-order valence-corrected chi connectivity index (χ0v) is 9.79. The molecule has 5 nitrogen and oxygen atoms in total. The summed E-state index contributed by atoms with van der Waals surface area (Å²) in [5, 5.41) is 3.09. The first-order chi connectivity index (χ1) is 8.20. The molecular formula is C11H11NO4S. The Hall–Kier alpha value is -1.69. The fourth-order valence-corrected chi connectivity index (χ4v) is 4.72. The lowest BCUT2D eigenvalue weighted by Gasteiger charge is -2.38. The Morgan fingerprint density at radius 1 is 1.12 bits per heavy atom. The molecule has 17 heavy (non-hydrogen) atoms. The minimum absolute atomic E-state index is 0.508. The van der Waals surface area contributed by atoms with Crippen molar-refractivity contribution >= 4 is 22.5 Å². The molecule has 90 valence electrons. The molecule has 0 aromatic heterocycles. The molecule has 0 saturated carbocycles. The van der Waals surface area contributed by atoms with Crippen LogP contribution in [0.15, 0.2) is 34.9 Å². The van der Waals surface area contributed by atoms with Crippen molar-refractivity contribution in [1.82, 2.24) is 5.32 Å². The molecule has 1 N–H and O–H groups in total. The van der Waals surface area contributed by atoms with Crippen LogP contribution in [0.2, 0.25) is 0 Å². The topological polar surface area (TPSA) is 64.6 Å². The molecule has 6 heteroatoms. The Bertz CT molecular complexity index is 472. The van der Waals surface area contributed by atoms with Gasteiger partial charge in [-0.2, -0.15) is 0 Å². The average molecular weight is 253 g/mol. The van der Waals surface area contributed by atoms with Gasteiger partial charge in [-0.05, 0) is 24.3 Å². The monoisotopic (exact) mass is 253 g/mol. The molecule has 3 rings (SSSR count). The predicted octanol–water partition coefficient (Wildman–Crippen LogP) is 1.05. The molecule has 3 aliphatic rings. The highest BCUT2D eigenvalue weighted by Gasteiger charge is 2.40. The van der Waals surface area contributed by atoms with Crippen LogP contribution in [0.5, 0.6) is 0 Å². The predicted molar refractivity (Wildman–Crippen MR) is 62.6 cm³/mol. The molecule has 0 saturated heterocycles. The molecule has 0 amide bonds. The highest BCUT2D eigenvalue weighted by Crippen LogP contribution is 2.64. The van der Waals surface area contributed by atoms with Crippen molar-refractivity contribution in [3.05, 3.63) is 34.9 Å². The molecule has 0 radical (unpaired) electrons. The molecule has 0 aromatic carbocycles. The van der Waals surface area contributed by atoms with Crippen molar-refractivity contribution in [2.45, 2.75) is 6.42 Å². The van der Waals surface area contributed by atoms with E-state index in [-0.39, 0.29) is 0 Å². The Balaban J connectivity index is 2.01. The van der Waals surface area contributed by atoms with Crippen LogP contribution in [-0.4, -0.2) is 24.2 Å². The van der Waals surface area contributed by atoms with E-state index in [4.69, 9.17) is 8.37 Å². The van der Waals surface area contributed by atoms with Gasteiger partial charge in [0, 0.05) is 18.7 Å². The average Bonchev–Trinajstić information content (AvgIpc) is 2.58. The third-order valence-corrected chi connectivity index (χ3v) is 5.52. The normalized spacial score (nSPS) is 27.1. The van der Waals surface area contributed by atoms with Crippen LogP contribution in [0.4, 0.5) is 0 Å². The van der Waals surface area contributed by atoms with Crippen molar-refractivity contribution in [2.24, 2.45) is 0 Å². The summed E-state index contributed by atoms with van der Waals surface area (Å²) < 4.78 is 10.8. The Morgan fingerprint density at radius 3 is 2.53 bits per heavy atom. The molecule has 0 atom stereocenters. The first-order valence-corrected chi connectivity index (χ1v) is 6.93. The molecule has 0 aromatic rings. The SMILES string of the molecule is O=C1C=CC(=O)OS2(CCC3=C2C=CNC3)O1. The second-order valence-corrected chi connectivity index (χ2v) is 6.30. The standard InChI is InChI=1S/C11H11NO4S/c13-10-1-2-11(14)16-17(15-10)6-4-8-7-12-5-3-9(8)17/h1-3,5,12H,4,6-7H2. The lowest BCUT2D eigenvalue weighted by Crippen LogP contribution is -2.17. The number of hydrogen-bond acceptors (Lipinski definition) is 5. The number of fused-ring (bicyclic) bond motifs is 1. The zero-order chi connectivity index (χ0) is 11.9. The van der Waals surface area contributed by atoms with Crippen molar-refractivity contribution in [2.75, 3.05) is 12.3 Å². The van der Waals surface area contributed by atoms with Gasteiger partial charge in [-0.3, -0.25) is 0 Å². The van der Waals surface area contributed by atoms with Crippen molar-refractivity contribution in [3.63, 3.8) is 0 Å². The summed E-state index contributed by atoms with van der Waals surface area (Å²) >= 11 is 0. The van der Waals surface area contributed by atoms with Crippen molar-refractivity contribution < 1.29 is 18.0 Å². The fourth-order valence-electron chi connectivity index (χ4n) is 2.07. The van der Waals surface area contributed by atoms with E-state index >= 15 is 0 Å². The second kappa shape index (κ2) is 3.66. The summed E-state index contributed by atoms with van der Waals surface area (Å²) in [7, 11) is -2.21.